The molecule has 0 spiro atoms. The zero-order chi connectivity index (χ0) is 16.0. The number of methoxy groups -OCH3 is 1. The molecule has 0 bridgehead atoms. The summed E-state index contributed by atoms with van der Waals surface area (Å²) in [5, 5.41) is 2.81. The van der Waals surface area contributed by atoms with Crippen molar-refractivity contribution in [3.63, 3.8) is 0 Å². The Hall–Kier alpha value is -1.43. The van der Waals surface area contributed by atoms with Gasteiger partial charge in [-0.15, -0.1) is 0 Å². The van der Waals surface area contributed by atoms with E-state index in [0.29, 0.717) is 11.3 Å². The molecule has 0 aliphatic heterocycles. The zero-order valence-electron chi connectivity index (χ0n) is 13.1. The van der Waals surface area contributed by atoms with E-state index < -0.39 is 6.04 Å². The largest absolute Gasteiger partial charge is 0.496 e. The third-order valence-corrected chi connectivity index (χ3v) is 4.21. The highest BCUT2D eigenvalue weighted by Gasteiger charge is 2.21. The third-order valence-electron chi connectivity index (χ3n) is 3.40. The number of hydrogen-bond donors (Lipinski definition) is 1. The molecule has 0 radical (unpaired) electrons. The van der Waals surface area contributed by atoms with Gasteiger partial charge in [-0.3, -0.25) is 0 Å². The van der Waals surface area contributed by atoms with Crippen molar-refractivity contribution in [2.45, 2.75) is 25.9 Å². The zero-order valence-corrected chi connectivity index (χ0v) is 14.0. The number of nitrogens with one attached hydrogen (secondary N) is 1. The van der Waals surface area contributed by atoms with Gasteiger partial charge in [0.1, 0.15) is 11.6 Å². The Bertz CT molecular complexity index is 485. The van der Waals surface area contributed by atoms with Crippen molar-refractivity contribution in [2.75, 3.05) is 26.2 Å². The number of hydrogen-bond acceptors (Lipinski definition) is 3. The Morgan fingerprint density at radius 1 is 1.48 bits per heavy atom. The van der Waals surface area contributed by atoms with Crippen LogP contribution in [-0.2, 0) is 0 Å². The van der Waals surface area contributed by atoms with Gasteiger partial charge in [0.05, 0.1) is 18.7 Å². The van der Waals surface area contributed by atoms with Gasteiger partial charge in [-0.05, 0) is 32.2 Å². The van der Waals surface area contributed by atoms with Crippen molar-refractivity contribution in [1.82, 2.24) is 10.2 Å². The molecule has 4 nitrogen and oxygen atoms in total. The van der Waals surface area contributed by atoms with Crippen LogP contribution in [0.15, 0.2) is 18.2 Å². The van der Waals surface area contributed by atoms with E-state index in [1.807, 2.05) is 13.2 Å². The number of carbonyl (C=O) groups excluding carboxylic acids is 1. The fourth-order valence-electron chi connectivity index (χ4n) is 2.03. The molecule has 6 heteroatoms. The molecule has 0 saturated carbocycles. The number of carbonyl (C=O) groups is 1. The Kier molecular flexibility index (Phi) is 6.81. The van der Waals surface area contributed by atoms with E-state index >= 15 is 0 Å². The first-order valence-electron chi connectivity index (χ1n) is 6.77. The highest BCUT2D eigenvalue weighted by Crippen LogP contribution is 2.27. The van der Waals surface area contributed by atoms with Gasteiger partial charge in [0, 0.05) is 18.8 Å². The Morgan fingerprint density at radius 3 is 2.71 bits per heavy atom. The SMILES string of the molecule is COc1cccc(F)c1[C@H](C)NC(=O)N(C)[C@H](C)CSC. The van der Waals surface area contributed by atoms with Crippen molar-refractivity contribution in [3.8, 4) is 5.75 Å². The van der Waals surface area contributed by atoms with Crippen LogP contribution in [0.5, 0.6) is 5.75 Å². The van der Waals surface area contributed by atoms with Crippen LogP contribution in [0.2, 0.25) is 0 Å². The molecule has 1 rings (SSSR count). The lowest BCUT2D eigenvalue weighted by atomic mass is 10.1. The van der Waals surface area contributed by atoms with E-state index in [1.165, 1.54) is 13.2 Å². The van der Waals surface area contributed by atoms with Gasteiger partial charge in [0.15, 0.2) is 0 Å². The minimum absolute atomic E-state index is 0.106. The van der Waals surface area contributed by atoms with Crippen LogP contribution in [-0.4, -0.2) is 43.1 Å². The maximum Gasteiger partial charge on any atom is 0.317 e. The Labute approximate surface area is 130 Å². The van der Waals surface area contributed by atoms with Gasteiger partial charge < -0.3 is 15.0 Å². The van der Waals surface area contributed by atoms with E-state index in [2.05, 4.69) is 5.32 Å². The second kappa shape index (κ2) is 8.12. The van der Waals surface area contributed by atoms with Crippen molar-refractivity contribution in [3.05, 3.63) is 29.6 Å². The molecule has 1 aromatic carbocycles. The van der Waals surface area contributed by atoms with E-state index in [0.717, 1.165) is 5.75 Å². The van der Waals surface area contributed by atoms with Crippen molar-refractivity contribution >= 4 is 17.8 Å². The smallest absolute Gasteiger partial charge is 0.317 e. The van der Waals surface area contributed by atoms with Crippen LogP contribution in [0, 0.1) is 5.82 Å². The molecular weight excluding hydrogens is 291 g/mol. The van der Waals surface area contributed by atoms with Gasteiger partial charge >= 0.3 is 6.03 Å². The number of nitrogens with zero attached hydrogens (tertiary/aromatic N) is 1. The Balaban J connectivity index is 2.82. The average Bonchev–Trinajstić information content (AvgIpc) is 2.45. The van der Waals surface area contributed by atoms with Crippen LogP contribution in [0.4, 0.5) is 9.18 Å². The molecule has 21 heavy (non-hydrogen) atoms. The number of amides is 2. The van der Waals surface area contributed by atoms with Crippen LogP contribution < -0.4 is 10.1 Å². The summed E-state index contributed by atoms with van der Waals surface area (Å²) in [7, 11) is 3.22. The van der Waals surface area contributed by atoms with Gasteiger partial charge in [-0.1, -0.05) is 6.07 Å². The first-order valence-corrected chi connectivity index (χ1v) is 8.16. The van der Waals surface area contributed by atoms with Gasteiger partial charge in [0.2, 0.25) is 0 Å². The first kappa shape index (κ1) is 17.6. The fourth-order valence-corrected chi connectivity index (χ4v) is 2.73. The molecule has 2 atom stereocenters. The van der Waals surface area contributed by atoms with E-state index in [9.17, 15) is 9.18 Å². The first-order chi connectivity index (χ1) is 9.92. The van der Waals surface area contributed by atoms with Crippen LogP contribution in [0.3, 0.4) is 0 Å². The summed E-state index contributed by atoms with van der Waals surface area (Å²) in [5.74, 6) is 0.894. The lowest BCUT2D eigenvalue weighted by molar-refractivity contribution is 0.194. The summed E-state index contributed by atoms with van der Waals surface area (Å²) in [6.45, 7) is 3.72. The van der Waals surface area contributed by atoms with Gasteiger partial charge in [-0.25, -0.2) is 9.18 Å². The average molecular weight is 314 g/mol. The normalized spacial score (nSPS) is 13.4. The second-order valence-electron chi connectivity index (χ2n) is 4.94. The quantitative estimate of drug-likeness (QED) is 0.876. The third kappa shape index (κ3) is 4.52. The maximum absolute atomic E-state index is 14.0. The van der Waals surface area contributed by atoms with E-state index in [1.54, 1.807) is 42.8 Å². The summed E-state index contributed by atoms with van der Waals surface area (Å²) in [6.07, 6.45) is 2.00. The monoisotopic (exact) mass is 314 g/mol. The summed E-state index contributed by atoms with van der Waals surface area (Å²) in [4.78, 5) is 13.8. The molecule has 0 heterocycles. The lowest BCUT2D eigenvalue weighted by Gasteiger charge is -2.27. The number of benzene rings is 1. The summed E-state index contributed by atoms with van der Waals surface area (Å²) in [6, 6.07) is 4.03. The second-order valence-corrected chi connectivity index (χ2v) is 5.85. The van der Waals surface area contributed by atoms with Gasteiger partial charge in [0.25, 0.3) is 0 Å². The maximum atomic E-state index is 14.0. The van der Waals surface area contributed by atoms with Crippen molar-refractivity contribution in [1.29, 1.82) is 0 Å². The number of urea groups is 1. The summed E-state index contributed by atoms with van der Waals surface area (Å²) in [5.41, 5.74) is 0.360. The fraction of sp³-hybridized carbons (Fsp3) is 0.533. The minimum atomic E-state index is -0.474. The molecule has 0 aliphatic carbocycles. The topological polar surface area (TPSA) is 41.6 Å². The molecule has 2 amide bonds. The summed E-state index contributed by atoms with van der Waals surface area (Å²) >= 11 is 1.68. The lowest BCUT2D eigenvalue weighted by Crippen LogP contribution is -2.44. The van der Waals surface area contributed by atoms with Crippen molar-refractivity contribution < 1.29 is 13.9 Å². The molecule has 0 saturated heterocycles. The molecular formula is C15H23FN2O2S. The molecule has 118 valence electrons. The predicted octanol–water partition coefficient (Wildman–Crippen LogP) is 3.29. The van der Waals surface area contributed by atoms with Crippen LogP contribution in [0.1, 0.15) is 25.5 Å². The standard InChI is InChI=1S/C15H23FN2O2S/c1-10(9-21-5)18(3)15(19)17-11(2)14-12(16)7-6-8-13(14)20-4/h6-8,10-11H,9H2,1-5H3,(H,17,19)/t10-,11+/m1/s1. The molecule has 1 N–H and O–H groups in total. The van der Waals surface area contributed by atoms with E-state index in [-0.39, 0.29) is 17.9 Å². The highest BCUT2D eigenvalue weighted by atomic mass is 32.2. The van der Waals surface area contributed by atoms with Crippen LogP contribution in [0.25, 0.3) is 0 Å². The number of halogens is 1. The molecule has 1 aromatic rings. The minimum Gasteiger partial charge on any atom is -0.496 e. The number of thioether (sulfide) groups is 1. The number of ether oxygens (including phenoxy) is 1. The predicted molar refractivity (Wildman–Crippen MR) is 85.5 cm³/mol. The highest BCUT2D eigenvalue weighted by molar-refractivity contribution is 7.98. The molecule has 0 fully saturated rings. The molecule has 0 unspecified atom stereocenters. The van der Waals surface area contributed by atoms with E-state index in [4.69, 9.17) is 4.74 Å². The van der Waals surface area contributed by atoms with Crippen LogP contribution >= 0.6 is 11.8 Å². The number of rotatable bonds is 6. The Morgan fingerprint density at radius 2 is 2.14 bits per heavy atom. The molecule has 0 aliphatic rings. The summed E-state index contributed by atoms with van der Waals surface area (Å²) < 4.78 is 19.1. The van der Waals surface area contributed by atoms with Crippen molar-refractivity contribution in [2.24, 2.45) is 0 Å². The molecule has 0 aromatic heterocycles. The van der Waals surface area contributed by atoms with Gasteiger partial charge in [-0.2, -0.15) is 11.8 Å².